The Bertz CT molecular complexity index is 1420. The second-order valence-electron chi connectivity index (χ2n) is 9.59. The lowest BCUT2D eigenvalue weighted by Crippen LogP contribution is -2.31. The highest BCUT2D eigenvalue weighted by atomic mass is 19.1. The van der Waals surface area contributed by atoms with Crippen LogP contribution < -0.4 is 10.1 Å². The predicted molar refractivity (Wildman–Crippen MR) is 140 cm³/mol. The molecule has 3 atom stereocenters. The third kappa shape index (κ3) is 4.71. The molecule has 184 valence electrons. The third-order valence-electron chi connectivity index (χ3n) is 7.27. The topological polar surface area (TPSA) is 58.6 Å². The highest BCUT2D eigenvalue weighted by molar-refractivity contribution is 5.89. The molecule has 0 aliphatic carbocycles. The van der Waals surface area contributed by atoms with Gasteiger partial charge < -0.3 is 15.2 Å². The van der Waals surface area contributed by atoms with Gasteiger partial charge in [-0.2, -0.15) is 0 Å². The maximum Gasteiger partial charge on any atom is 0.335 e. The van der Waals surface area contributed by atoms with Gasteiger partial charge in [0.25, 0.3) is 0 Å². The second kappa shape index (κ2) is 10.1. The molecular formula is C31H30FNO3. The zero-order valence-corrected chi connectivity index (χ0v) is 20.5. The van der Waals surface area contributed by atoms with Gasteiger partial charge in [-0.15, -0.1) is 0 Å². The molecule has 4 aromatic carbocycles. The minimum atomic E-state index is -0.905. The Kier molecular flexibility index (Phi) is 6.75. The van der Waals surface area contributed by atoms with Crippen LogP contribution in [0, 0.1) is 12.7 Å². The van der Waals surface area contributed by atoms with Crippen LogP contribution in [0.4, 0.5) is 4.39 Å². The van der Waals surface area contributed by atoms with Crippen LogP contribution in [0.3, 0.4) is 0 Å². The van der Waals surface area contributed by atoms with Crippen LogP contribution in [0.15, 0.2) is 78.9 Å². The summed E-state index contributed by atoms with van der Waals surface area (Å²) in [6.07, 6.45) is 1.56. The standard InChI is InChI=1S/C31H30FNO3/c1-19-11-12-21(17-27(19)31(34)35)28-18-22(36-30-10-6-5-9-26(28)30)15-16-33-20(2)23-13-14-29(32)25-8-4-3-7-24(23)25/h3-14,17,20,22,28,33H,15-16,18H2,1-2H3,(H,34,35)/t20?,22-,28-/m0/s1. The van der Waals surface area contributed by atoms with Crippen molar-refractivity contribution in [2.45, 2.75) is 44.8 Å². The monoisotopic (exact) mass is 483 g/mol. The molecular weight excluding hydrogens is 453 g/mol. The quantitative estimate of drug-likeness (QED) is 0.297. The van der Waals surface area contributed by atoms with E-state index in [1.54, 1.807) is 0 Å². The van der Waals surface area contributed by atoms with Gasteiger partial charge in [-0.1, -0.05) is 60.7 Å². The number of ether oxygens (including phenoxy) is 1. The number of fused-ring (bicyclic) bond motifs is 2. The number of carbonyl (C=O) groups is 1. The summed E-state index contributed by atoms with van der Waals surface area (Å²) in [6.45, 7) is 4.66. The molecule has 0 radical (unpaired) electrons. The Balaban J connectivity index is 1.32. The molecule has 4 nitrogen and oxygen atoms in total. The van der Waals surface area contributed by atoms with Gasteiger partial charge in [0.2, 0.25) is 0 Å². The Labute approximate surface area is 210 Å². The van der Waals surface area contributed by atoms with E-state index in [-0.39, 0.29) is 23.9 Å². The molecule has 0 fully saturated rings. The molecule has 0 saturated carbocycles. The highest BCUT2D eigenvalue weighted by Crippen LogP contribution is 2.41. The molecule has 1 aliphatic heterocycles. The fourth-order valence-corrected chi connectivity index (χ4v) is 5.31. The van der Waals surface area contributed by atoms with Crippen molar-refractivity contribution in [1.82, 2.24) is 5.32 Å². The molecule has 36 heavy (non-hydrogen) atoms. The molecule has 1 unspecified atom stereocenters. The maximum absolute atomic E-state index is 14.2. The van der Waals surface area contributed by atoms with E-state index in [9.17, 15) is 14.3 Å². The van der Waals surface area contributed by atoms with Gasteiger partial charge in [-0.05, 0) is 73.5 Å². The first kappa shape index (κ1) is 24.0. The van der Waals surface area contributed by atoms with E-state index in [1.165, 1.54) is 6.07 Å². The molecule has 1 heterocycles. The van der Waals surface area contributed by atoms with Crippen LogP contribution in [0.2, 0.25) is 0 Å². The van der Waals surface area contributed by atoms with Gasteiger partial charge in [-0.3, -0.25) is 0 Å². The molecule has 0 bridgehead atoms. The predicted octanol–water partition coefficient (Wildman–Crippen LogP) is 7.01. The lowest BCUT2D eigenvalue weighted by molar-refractivity contribution is 0.0696. The van der Waals surface area contributed by atoms with Gasteiger partial charge in [0.15, 0.2) is 0 Å². The van der Waals surface area contributed by atoms with Gasteiger partial charge in [0.1, 0.15) is 17.7 Å². The van der Waals surface area contributed by atoms with Crippen LogP contribution in [0.5, 0.6) is 5.75 Å². The van der Waals surface area contributed by atoms with Crippen LogP contribution in [0.1, 0.15) is 64.3 Å². The van der Waals surface area contributed by atoms with Crippen molar-refractivity contribution in [2.75, 3.05) is 6.54 Å². The number of hydrogen-bond donors (Lipinski definition) is 2. The third-order valence-corrected chi connectivity index (χ3v) is 7.27. The van der Waals surface area contributed by atoms with Gasteiger partial charge in [0, 0.05) is 22.9 Å². The summed E-state index contributed by atoms with van der Waals surface area (Å²) in [6, 6.07) is 24.8. The average molecular weight is 484 g/mol. The first-order valence-corrected chi connectivity index (χ1v) is 12.4. The van der Waals surface area contributed by atoms with E-state index < -0.39 is 5.97 Å². The molecule has 2 N–H and O–H groups in total. The van der Waals surface area contributed by atoms with E-state index in [1.807, 2.05) is 73.7 Å². The number of benzene rings is 4. The van der Waals surface area contributed by atoms with Crippen molar-refractivity contribution in [3.63, 3.8) is 0 Å². The summed E-state index contributed by atoms with van der Waals surface area (Å²) in [5.74, 6) is -0.187. The smallest absolute Gasteiger partial charge is 0.335 e. The summed E-state index contributed by atoms with van der Waals surface area (Å²) in [7, 11) is 0. The molecule has 5 heteroatoms. The zero-order valence-electron chi connectivity index (χ0n) is 20.5. The Morgan fingerprint density at radius 2 is 1.81 bits per heavy atom. The van der Waals surface area contributed by atoms with Crippen LogP contribution >= 0.6 is 0 Å². The zero-order chi connectivity index (χ0) is 25.2. The largest absolute Gasteiger partial charge is 0.490 e. The molecule has 5 rings (SSSR count). The van der Waals surface area contributed by atoms with E-state index in [0.717, 1.165) is 52.8 Å². The summed E-state index contributed by atoms with van der Waals surface area (Å²) >= 11 is 0. The lowest BCUT2D eigenvalue weighted by Gasteiger charge is -2.33. The molecule has 4 aromatic rings. The maximum atomic E-state index is 14.2. The number of carboxylic acids is 1. The highest BCUT2D eigenvalue weighted by Gasteiger charge is 2.30. The fourth-order valence-electron chi connectivity index (χ4n) is 5.31. The number of hydrogen-bond acceptors (Lipinski definition) is 3. The lowest BCUT2D eigenvalue weighted by atomic mass is 9.82. The molecule has 0 aromatic heterocycles. The van der Waals surface area contributed by atoms with Gasteiger partial charge >= 0.3 is 5.97 Å². The number of rotatable bonds is 7. The number of aromatic carboxylic acids is 1. The van der Waals surface area contributed by atoms with Crippen LogP contribution in [-0.4, -0.2) is 23.7 Å². The van der Waals surface area contributed by atoms with Crippen molar-refractivity contribution in [2.24, 2.45) is 0 Å². The molecule has 1 aliphatic rings. The summed E-state index contributed by atoms with van der Waals surface area (Å²) in [5, 5.41) is 14.8. The van der Waals surface area contributed by atoms with Crippen molar-refractivity contribution in [3.8, 4) is 5.75 Å². The normalized spacial score (nSPS) is 17.9. The first-order valence-electron chi connectivity index (χ1n) is 12.4. The first-order chi connectivity index (χ1) is 17.4. The van der Waals surface area contributed by atoms with E-state index in [4.69, 9.17) is 4.74 Å². The summed E-state index contributed by atoms with van der Waals surface area (Å²) in [4.78, 5) is 11.7. The van der Waals surface area contributed by atoms with Crippen LogP contribution in [0.25, 0.3) is 10.8 Å². The summed E-state index contributed by atoms with van der Waals surface area (Å²) < 4.78 is 20.6. The van der Waals surface area contributed by atoms with Gasteiger partial charge in [-0.25, -0.2) is 9.18 Å². The number of aryl methyl sites for hydroxylation is 1. The van der Waals surface area contributed by atoms with Gasteiger partial charge in [0.05, 0.1) is 5.56 Å². The fraction of sp³-hybridized carbons (Fsp3) is 0.258. The Morgan fingerprint density at radius 3 is 2.61 bits per heavy atom. The second-order valence-corrected chi connectivity index (χ2v) is 9.59. The van der Waals surface area contributed by atoms with Crippen molar-refractivity contribution >= 4 is 16.7 Å². The number of carboxylic acid groups (broad SMARTS) is 1. The molecule has 0 spiro atoms. The number of halogens is 1. The van der Waals surface area contributed by atoms with Crippen molar-refractivity contribution < 1.29 is 19.0 Å². The van der Waals surface area contributed by atoms with Crippen LogP contribution in [-0.2, 0) is 0 Å². The van der Waals surface area contributed by atoms with E-state index in [2.05, 4.69) is 18.3 Å². The molecule has 0 amide bonds. The Morgan fingerprint density at radius 1 is 1.06 bits per heavy atom. The van der Waals surface area contributed by atoms with Crippen molar-refractivity contribution in [3.05, 3.63) is 112 Å². The average Bonchev–Trinajstić information content (AvgIpc) is 2.88. The number of nitrogens with one attached hydrogen (secondary N) is 1. The minimum Gasteiger partial charge on any atom is -0.490 e. The van der Waals surface area contributed by atoms with E-state index >= 15 is 0 Å². The van der Waals surface area contributed by atoms with Crippen molar-refractivity contribution in [1.29, 1.82) is 0 Å². The minimum absolute atomic E-state index is 0.0101. The molecule has 0 saturated heterocycles. The number of para-hydroxylation sites is 1. The van der Waals surface area contributed by atoms with E-state index in [0.29, 0.717) is 10.9 Å². The SMILES string of the molecule is Cc1ccc([C@@H]2C[C@H](CCNC(C)c3ccc(F)c4ccccc34)Oc3ccccc32)cc1C(=O)O. The summed E-state index contributed by atoms with van der Waals surface area (Å²) in [5.41, 5.74) is 4.26. The Hall–Kier alpha value is -3.70.